The molecule has 8 bridgehead atoms. The second kappa shape index (κ2) is 33.6. The van der Waals surface area contributed by atoms with Crippen LogP contribution in [0.1, 0.15) is 162 Å². The largest absolute Gasteiger partial charge is 0.494 e. The molecule has 8 aliphatic rings. The molecule has 0 saturated heterocycles. The molecule has 0 N–H and O–H groups in total. The minimum atomic E-state index is 0.128. The van der Waals surface area contributed by atoms with Crippen molar-refractivity contribution in [1.82, 2.24) is 0 Å². The van der Waals surface area contributed by atoms with Gasteiger partial charge in [-0.15, -0.1) is 45.3 Å². The van der Waals surface area contributed by atoms with Crippen LogP contribution in [-0.4, -0.2) is 51.8 Å². The van der Waals surface area contributed by atoms with Crippen molar-refractivity contribution in [2.75, 3.05) is 33.5 Å². The van der Waals surface area contributed by atoms with Crippen molar-refractivity contribution < 1.29 is 23.7 Å². The molecule has 6 atom stereocenters. The third kappa shape index (κ3) is 17.1. The van der Waals surface area contributed by atoms with Crippen LogP contribution >= 0.6 is 45.3 Å². The molecule has 16 rings (SSSR count). The zero-order valence-corrected chi connectivity index (χ0v) is 58.3. The van der Waals surface area contributed by atoms with Gasteiger partial charge in [-0.3, -0.25) is 0 Å². The van der Waals surface area contributed by atoms with Gasteiger partial charge in [0.05, 0.1) is 64.0 Å². The molecule has 482 valence electrons. The molecule has 0 amide bonds. The Morgan fingerprint density at radius 2 is 0.848 bits per heavy atom. The fourth-order valence-corrected chi connectivity index (χ4v) is 18.0. The number of methoxy groups -OCH3 is 1. The van der Waals surface area contributed by atoms with Gasteiger partial charge in [0.1, 0.15) is 11.5 Å². The third-order valence-electron chi connectivity index (χ3n) is 18.5. The van der Waals surface area contributed by atoms with E-state index in [1.807, 2.05) is 101 Å². The van der Waals surface area contributed by atoms with Gasteiger partial charge in [0.2, 0.25) is 0 Å². The lowest BCUT2D eigenvalue weighted by atomic mass is 9.74. The first kappa shape index (κ1) is 67.0. The Balaban J connectivity index is 0.000000189. The van der Waals surface area contributed by atoms with Crippen LogP contribution in [-0.2, 0) is 14.2 Å². The first-order chi connectivity index (χ1) is 45.1. The molecule has 8 aromatic rings. The number of nitrogens with zero attached hydrogens (tertiary/aromatic N) is 4. The fourth-order valence-electron chi connectivity index (χ4n) is 13.9. The van der Waals surface area contributed by atoms with Gasteiger partial charge in [0.25, 0.3) is 0 Å². The van der Waals surface area contributed by atoms with Crippen LogP contribution in [0.2, 0.25) is 0 Å². The van der Waals surface area contributed by atoms with Gasteiger partial charge >= 0.3 is 0 Å². The molecule has 13 heteroatoms. The number of fused-ring (bicyclic) bond motifs is 4. The van der Waals surface area contributed by atoms with Crippen LogP contribution in [0, 0.1) is 33.6 Å². The van der Waals surface area contributed by atoms with Crippen molar-refractivity contribution in [2.24, 2.45) is 26.4 Å². The number of aryl methyl sites for hydroxylation is 4. The van der Waals surface area contributed by atoms with E-state index in [2.05, 4.69) is 162 Å². The van der Waals surface area contributed by atoms with Crippen molar-refractivity contribution in [2.45, 2.75) is 174 Å². The average molecular weight is 1310 g/mol. The fraction of sp³-hybridized carbons (Fsp3) is 0.418. The van der Waals surface area contributed by atoms with Crippen LogP contribution < -0.4 is 9.47 Å². The molecule has 0 spiro atoms. The Morgan fingerprint density at radius 3 is 1.34 bits per heavy atom. The molecule has 1 fully saturated rings. The summed E-state index contributed by atoms with van der Waals surface area (Å²) in [4.78, 5) is 5.39. The van der Waals surface area contributed by atoms with Crippen molar-refractivity contribution in [3.05, 3.63) is 188 Å². The maximum absolute atomic E-state index is 6.74. The highest BCUT2D eigenvalue weighted by molar-refractivity contribution is 7.21. The van der Waals surface area contributed by atoms with E-state index in [4.69, 9.17) is 23.7 Å². The maximum atomic E-state index is 6.74. The summed E-state index contributed by atoms with van der Waals surface area (Å²) in [5.74, 6) is 2.73. The highest BCUT2D eigenvalue weighted by Gasteiger charge is 2.41. The minimum Gasteiger partial charge on any atom is -0.494 e. The van der Waals surface area contributed by atoms with Gasteiger partial charge in [0.15, 0.2) is 0 Å². The van der Waals surface area contributed by atoms with Gasteiger partial charge in [-0.25, -0.2) is 0 Å². The van der Waals surface area contributed by atoms with Gasteiger partial charge in [-0.05, 0) is 306 Å². The molecular weight excluding hydrogens is 1210 g/mol. The lowest BCUT2D eigenvalue weighted by Crippen LogP contribution is -2.42. The second-order valence-electron chi connectivity index (χ2n) is 25.3. The number of azo groups is 2. The van der Waals surface area contributed by atoms with E-state index >= 15 is 0 Å². The molecule has 4 aromatic heterocycles. The zero-order chi connectivity index (χ0) is 63.6. The van der Waals surface area contributed by atoms with Crippen LogP contribution in [0.5, 0.6) is 11.5 Å². The van der Waals surface area contributed by atoms with Crippen LogP contribution in [0.25, 0.3) is 41.8 Å². The molecule has 0 radical (unpaired) electrons. The summed E-state index contributed by atoms with van der Waals surface area (Å²) in [7, 11) is 1.88. The molecule has 9 nitrogen and oxygen atoms in total. The molecular formula is C79H92N4O5S4. The average Bonchev–Trinajstić information content (AvgIpc) is 1.58. The van der Waals surface area contributed by atoms with Crippen LogP contribution in [0.3, 0.4) is 0 Å². The number of hydrogen-bond acceptors (Lipinski definition) is 13. The van der Waals surface area contributed by atoms with Crippen molar-refractivity contribution in [3.8, 4) is 53.3 Å². The topological polar surface area (TPSA) is 95.6 Å². The lowest BCUT2D eigenvalue weighted by molar-refractivity contribution is -0.0718. The summed E-state index contributed by atoms with van der Waals surface area (Å²) in [6, 6.07) is 33.7. The monoisotopic (exact) mass is 1300 g/mol. The summed E-state index contributed by atoms with van der Waals surface area (Å²) < 4.78 is 31.6. The Bertz CT molecular complexity index is 3760. The van der Waals surface area contributed by atoms with Gasteiger partial charge in [-0.1, -0.05) is 42.9 Å². The van der Waals surface area contributed by atoms with E-state index < -0.39 is 0 Å². The SMILES string of the molecule is CC1=CCCC2OCCCC/C=C\CCCCOc3ccc(cc3)N=Nc3cc(C)c(c(C)c3)-c3ccsc3-c3sccc3C12.COC1C(C)CCC2OCCCC/C=C\CCCCOc3ccc(cc3)N=Nc3cc(C)c(c(C)c3)-c3ccsc3-c3sccc3C21. The van der Waals surface area contributed by atoms with Crippen molar-refractivity contribution >= 4 is 68.1 Å². The normalized spacial score (nSPS) is 22.1. The number of hydrogen-bond donors (Lipinski definition) is 0. The number of benzene rings is 4. The predicted molar refractivity (Wildman–Crippen MR) is 388 cm³/mol. The molecule has 4 aromatic carbocycles. The smallest absolute Gasteiger partial charge is 0.119 e. The summed E-state index contributed by atoms with van der Waals surface area (Å²) in [6.07, 6.45) is 29.9. The van der Waals surface area contributed by atoms with E-state index in [0.717, 1.165) is 157 Å². The Hall–Kier alpha value is -6.42. The van der Waals surface area contributed by atoms with Crippen molar-refractivity contribution in [1.29, 1.82) is 0 Å². The second-order valence-corrected chi connectivity index (χ2v) is 28.9. The quantitative estimate of drug-likeness (QED) is 0.153. The molecule has 92 heavy (non-hydrogen) atoms. The number of allylic oxidation sites excluding steroid dienone is 5. The maximum Gasteiger partial charge on any atom is 0.119 e. The minimum absolute atomic E-state index is 0.128. The van der Waals surface area contributed by atoms with Gasteiger partial charge < -0.3 is 23.7 Å². The summed E-state index contributed by atoms with van der Waals surface area (Å²) in [6.45, 7) is 16.5. The van der Waals surface area contributed by atoms with E-state index in [1.165, 1.54) is 87.1 Å². The summed E-state index contributed by atoms with van der Waals surface area (Å²) in [5.41, 5.74) is 17.6. The standard InChI is InChI=1S/C40H48N2O3S2.C39H44N2O2S2/c1-27-13-18-35-37(38(27)43-4)34-20-24-47-40(34)39-33(19-23-46-39)36-28(2)25-31(26-29(36)3)42-41-30-14-16-32(17-15-30)44-21-11-9-7-5-6-8-10-12-22-45-35;1-27-13-12-14-35-37(27)34-20-24-45-39(34)38-33(19-23-44-38)36-28(2)25-31(26-29(36)3)41-40-30-15-17-32(18-16-30)42-21-10-8-6-4-5-7-9-11-22-43-35/h5-6,14-17,19-20,23-27,35,37-38H,7-13,18,21-22H2,1-4H3;4-5,13,15-20,23-26,35,37H,6-12,14,21-22H2,1-3H3/b6-5-,42-41?;5-4-,41-40?. The Kier molecular flexibility index (Phi) is 24.5. The van der Waals surface area contributed by atoms with E-state index in [9.17, 15) is 0 Å². The number of ether oxygens (including phenoxy) is 5. The number of thiophene rings is 4. The van der Waals surface area contributed by atoms with E-state index in [-0.39, 0.29) is 24.2 Å². The van der Waals surface area contributed by atoms with Gasteiger partial charge in [-0.2, -0.15) is 20.5 Å². The highest BCUT2D eigenvalue weighted by atomic mass is 32.1. The van der Waals surface area contributed by atoms with E-state index in [1.54, 1.807) is 0 Å². The summed E-state index contributed by atoms with van der Waals surface area (Å²) >= 11 is 7.38. The Labute approximate surface area is 563 Å². The van der Waals surface area contributed by atoms with Crippen LogP contribution in [0.15, 0.2) is 175 Å². The van der Waals surface area contributed by atoms with Crippen molar-refractivity contribution in [3.63, 3.8) is 0 Å². The Morgan fingerprint density at radius 1 is 0.424 bits per heavy atom. The highest BCUT2D eigenvalue weighted by Crippen LogP contribution is 2.51. The van der Waals surface area contributed by atoms with Crippen LogP contribution in [0.4, 0.5) is 22.7 Å². The zero-order valence-electron chi connectivity index (χ0n) is 55.0. The molecule has 6 unspecified atom stereocenters. The predicted octanol–water partition coefficient (Wildman–Crippen LogP) is 25.1. The lowest BCUT2D eigenvalue weighted by Gasteiger charge is -2.41. The first-order valence-corrected chi connectivity index (χ1v) is 37.2. The first-order valence-electron chi connectivity index (χ1n) is 33.7. The van der Waals surface area contributed by atoms with E-state index in [0.29, 0.717) is 11.8 Å². The molecule has 10 heterocycles. The third-order valence-corrected chi connectivity index (χ3v) is 22.5. The van der Waals surface area contributed by atoms with Gasteiger partial charge in [0, 0.05) is 53.0 Å². The summed E-state index contributed by atoms with van der Waals surface area (Å²) in [5, 5.41) is 27.3. The number of rotatable bonds is 1. The molecule has 6 aliphatic heterocycles. The molecule has 1 saturated carbocycles. The molecule has 2 aliphatic carbocycles.